The fourth-order valence-corrected chi connectivity index (χ4v) is 11.6. The Bertz CT molecular complexity index is 2140. The minimum Gasteiger partial charge on any atom is -0.756 e. The van der Waals surface area contributed by atoms with Gasteiger partial charge in [0.05, 0.1) is 27.7 Å². The summed E-state index contributed by atoms with van der Waals surface area (Å²) in [5.41, 5.74) is 0. The molecule has 9 nitrogen and oxygen atoms in total. The standard InChI is InChI=1S/C86H148NO8P/c1-6-8-10-12-14-16-18-20-22-24-26-28-30-32-34-36-38-40-42-43-45-47-49-51-53-55-57-59-61-63-65-67-69-71-73-75-77-79-86(89)95-84(83-94-96(90,91)93-81-80-87(3,4)5)82-92-85(88)78-76-74-72-70-68-66-64-62-60-58-56-54-52-50-48-46-44-41-39-37-35-33-31-29-27-25-23-21-19-17-15-13-11-9-7-2/h8-11,14-17,20-23,26-29,32-35,38,40,43,45,84H,6-7,12-13,18-19,24-25,30-31,36-37,39,41-42,44,46-83H2,1-5H3/b10-8-,11-9-,16-14-,17-15-,22-20-,23-21-,28-26-,29-27-,34-32-,35-33-,40-38-,45-43-. The van der Waals surface area contributed by atoms with Crippen molar-refractivity contribution in [2.45, 2.75) is 341 Å². The maximum absolute atomic E-state index is 12.9. The van der Waals surface area contributed by atoms with Gasteiger partial charge in [0.25, 0.3) is 7.82 Å². The van der Waals surface area contributed by atoms with Crippen LogP contribution in [0, 0.1) is 0 Å². The molecule has 96 heavy (non-hydrogen) atoms. The van der Waals surface area contributed by atoms with Crippen molar-refractivity contribution in [1.82, 2.24) is 0 Å². The second-order valence-electron chi connectivity index (χ2n) is 27.3. The van der Waals surface area contributed by atoms with Gasteiger partial charge in [-0.2, -0.15) is 0 Å². The minimum absolute atomic E-state index is 0.0343. The summed E-state index contributed by atoms with van der Waals surface area (Å²) in [7, 11) is 1.17. The largest absolute Gasteiger partial charge is 0.756 e. The van der Waals surface area contributed by atoms with Gasteiger partial charge in [0.1, 0.15) is 19.8 Å². The van der Waals surface area contributed by atoms with Crippen LogP contribution in [-0.2, 0) is 32.7 Å². The number of esters is 2. The molecule has 0 aromatic carbocycles. The van der Waals surface area contributed by atoms with E-state index in [1.165, 1.54) is 186 Å². The Balaban J connectivity index is 3.99. The van der Waals surface area contributed by atoms with Gasteiger partial charge in [0.2, 0.25) is 0 Å². The first-order valence-electron chi connectivity index (χ1n) is 39.5. The number of ether oxygens (including phenoxy) is 2. The minimum atomic E-state index is -4.65. The van der Waals surface area contributed by atoms with Gasteiger partial charge in [0, 0.05) is 12.8 Å². The van der Waals surface area contributed by atoms with Crippen LogP contribution in [0.3, 0.4) is 0 Å². The van der Waals surface area contributed by atoms with E-state index < -0.39 is 26.5 Å². The van der Waals surface area contributed by atoms with Crippen LogP contribution < -0.4 is 4.89 Å². The molecular weight excluding hydrogens is 1210 g/mol. The lowest BCUT2D eigenvalue weighted by atomic mass is 10.0. The van der Waals surface area contributed by atoms with E-state index in [1.807, 2.05) is 21.1 Å². The summed E-state index contributed by atoms with van der Waals surface area (Å²) in [6.07, 6.45) is 111. The Hall–Kier alpha value is -4.11. The molecule has 0 bridgehead atoms. The molecular formula is C86H148NO8P. The number of likely N-dealkylation sites (N-methyl/N-ethyl adjacent to an activating group) is 1. The van der Waals surface area contributed by atoms with E-state index in [0.29, 0.717) is 17.4 Å². The van der Waals surface area contributed by atoms with E-state index in [2.05, 4.69) is 160 Å². The van der Waals surface area contributed by atoms with Gasteiger partial charge in [-0.25, -0.2) is 0 Å². The summed E-state index contributed by atoms with van der Waals surface area (Å²) in [5, 5.41) is 0. The quantitative estimate of drug-likeness (QED) is 0.0195. The molecule has 0 saturated carbocycles. The van der Waals surface area contributed by atoms with Crippen molar-refractivity contribution in [1.29, 1.82) is 0 Å². The third kappa shape index (κ3) is 78.9. The van der Waals surface area contributed by atoms with E-state index in [4.69, 9.17) is 18.5 Å². The fraction of sp³-hybridized carbons (Fsp3) is 0.698. The highest BCUT2D eigenvalue weighted by Crippen LogP contribution is 2.38. The van der Waals surface area contributed by atoms with Gasteiger partial charge in [-0.05, 0) is 116 Å². The topological polar surface area (TPSA) is 111 Å². The maximum atomic E-state index is 12.9. The number of allylic oxidation sites excluding steroid dienone is 24. The van der Waals surface area contributed by atoms with Crippen LogP contribution in [0.25, 0.3) is 0 Å². The molecule has 0 heterocycles. The normalized spacial score (nSPS) is 13.9. The average Bonchev–Trinajstić information content (AvgIpc) is 2.72. The Morgan fingerprint density at radius 3 is 0.833 bits per heavy atom. The summed E-state index contributed by atoms with van der Waals surface area (Å²) >= 11 is 0. The highest BCUT2D eigenvalue weighted by molar-refractivity contribution is 7.45. The van der Waals surface area contributed by atoms with Crippen molar-refractivity contribution < 1.29 is 42.1 Å². The van der Waals surface area contributed by atoms with Gasteiger partial charge >= 0.3 is 11.9 Å². The Kier molecular flexibility index (Phi) is 71.9. The number of quaternary nitrogens is 1. The second kappa shape index (κ2) is 75.1. The summed E-state index contributed by atoms with van der Waals surface area (Å²) in [4.78, 5) is 38.2. The molecule has 0 spiro atoms. The lowest BCUT2D eigenvalue weighted by Gasteiger charge is -2.28. The van der Waals surface area contributed by atoms with Crippen molar-refractivity contribution in [2.75, 3.05) is 47.5 Å². The molecule has 2 atom stereocenters. The highest BCUT2D eigenvalue weighted by atomic mass is 31.2. The Labute approximate surface area is 593 Å². The van der Waals surface area contributed by atoms with E-state index in [9.17, 15) is 19.0 Å². The number of hydrogen-bond acceptors (Lipinski definition) is 8. The smallest absolute Gasteiger partial charge is 0.306 e. The molecule has 0 fully saturated rings. The molecule has 0 saturated heterocycles. The van der Waals surface area contributed by atoms with Crippen molar-refractivity contribution in [2.24, 2.45) is 0 Å². The molecule has 550 valence electrons. The van der Waals surface area contributed by atoms with Crippen molar-refractivity contribution in [3.63, 3.8) is 0 Å². The van der Waals surface area contributed by atoms with E-state index >= 15 is 0 Å². The number of unbranched alkanes of at least 4 members (excludes halogenated alkanes) is 34. The highest BCUT2D eigenvalue weighted by Gasteiger charge is 2.22. The summed E-state index contributed by atoms with van der Waals surface area (Å²) < 4.78 is 34.4. The predicted octanol–water partition coefficient (Wildman–Crippen LogP) is 25.9. The first-order chi connectivity index (χ1) is 47.0. The van der Waals surface area contributed by atoms with Crippen LogP contribution in [-0.4, -0.2) is 70.0 Å². The molecule has 0 radical (unpaired) electrons. The zero-order valence-electron chi connectivity index (χ0n) is 62.8. The van der Waals surface area contributed by atoms with Crippen LogP contribution in [0.5, 0.6) is 0 Å². The molecule has 0 aliphatic rings. The van der Waals surface area contributed by atoms with Gasteiger partial charge in [-0.3, -0.25) is 14.2 Å². The van der Waals surface area contributed by atoms with Gasteiger partial charge in [0.15, 0.2) is 6.10 Å². The third-order valence-electron chi connectivity index (χ3n) is 16.9. The van der Waals surface area contributed by atoms with Gasteiger partial charge < -0.3 is 27.9 Å². The van der Waals surface area contributed by atoms with Gasteiger partial charge in [-0.1, -0.05) is 352 Å². The van der Waals surface area contributed by atoms with Crippen molar-refractivity contribution in [3.8, 4) is 0 Å². The van der Waals surface area contributed by atoms with Crippen LogP contribution in [0.2, 0.25) is 0 Å². The third-order valence-corrected chi connectivity index (χ3v) is 17.8. The lowest BCUT2D eigenvalue weighted by Crippen LogP contribution is -2.37. The van der Waals surface area contributed by atoms with Crippen LogP contribution in [0.15, 0.2) is 146 Å². The first kappa shape index (κ1) is 91.9. The Morgan fingerprint density at radius 2 is 0.562 bits per heavy atom. The molecule has 0 aliphatic carbocycles. The van der Waals surface area contributed by atoms with E-state index in [-0.39, 0.29) is 32.0 Å². The van der Waals surface area contributed by atoms with Gasteiger partial charge in [-0.15, -0.1) is 0 Å². The number of phosphoric ester groups is 1. The van der Waals surface area contributed by atoms with Crippen LogP contribution in [0.4, 0.5) is 0 Å². The van der Waals surface area contributed by atoms with Crippen LogP contribution >= 0.6 is 7.82 Å². The first-order valence-corrected chi connectivity index (χ1v) is 41.0. The van der Waals surface area contributed by atoms with E-state index in [0.717, 1.165) is 116 Å². The molecule has 0 rings (SSSR count). The van der Waals surface area contributed by atoms with Crippen molar-refractivity contribution in [3.05, 3.63) is 146 Å². The summed E-state index contributed by atoms with van der Waals surface area (Å²) in [5.74, 6) is -0.826. The second-order valence-corrected chi connectivity index (χ2v) is 28.7. The molecule has 10 heteroatoms. The SMILES string of the molecule is CC/C=C\C/C=C\C/C=C\C/C=C\C/C=C\C/C=C\C/C=C\CCCCCCCCCCCCCCCCCC(=O)OC(COC(=O)CCCCCCCCCCCCCCCCCCCCC/C=C\C/C=C\C/C=C\C/C=C\C/C=C\CC)COP(=O)([O-])OCC[N+](C)(C)C. The number of nitrogens with zero attached hydrogens (tertiary/aromatic N) is 1. The summed E-state index contributed by atoms with van der Waals surface area (Å²) in [6.45, 7) is 4.04. The number of rotatable bonds is 72. The zero-order valence-corrected chi connectivity index (χ0v) is 63.7. The fourth-order valence-electron chi connectivity index (χ4n) is 10.9. The molecule has 0 aromatic heterocycles. The maximum Gasteiger partial charge on any atom is 0.306 e. The molecule has 0 aliphatic heterocycles. The Morgan fingerprint density at radius 1 is 0.323 bits per heavy atom. The number of carbonyl (C=O) groups excluding carboxylic acids is 2. The monoisotopic (exact) mass is 1350 g/mol. The number of phosphoric acid groups is 1. The molecule has 0 N–H and O–H groups in total. The van der Waals surface area contributed by atoms with Crippen molar-refractivity contribution >= 4 is 19.8 Å². The number of hydrogen-bond donors (Lipinski definition) is 0. The number of carbonyl (C=O) groups is 2. The molecule has 2 unspecified atom stereocenters. The predicted molar refractivity (Wildman–Crippen MR) is 415 cm³/mol. The van der Waals surface area contributed by atoms with E-state index in [1.54, 1.807) is 0 Å². The summed E-state index contributed by atoms with van der Waals surface area (Å²) in [6, 6.07) is 0. The average molecular weight is 1360 g/mol. The zero-order chi connectivity index (χ0) is 69.7. The molecule has 0 amide bonds. The van der Waals surface area contributed by atoms with Crippen LogP contribution in [0.1, 0.15) is 335 Å². The lowest BCUT2D eigenvalue weighted by molar-refractivity contribution is -0.870. The molecule has 0 aromatic rings.